The summed E-state index contributed by atoms with van der Waals surface area (Å²) in [6, 6.07) is 13.5. The standard InChI is InChI=1S/C19H19N3OS/c20-12-14-2-1-3-15(10-14)16-4-5-17(24-16)19(23)21-18-11-13-6-8-22(18)9-7-13/h1-5,10,13,18H,6-9,11H2,(H,21,23). The van der Waals surface area contributed by atoms with Crippen LogP contribution in [0.15, 0.2) is 36.4 Å². The first-order valence-electron chi connectivity index (χ1n) is 8.38. The number of thiophene rings is 1. The molecule has 2 aromatic rings. The van der Waals surface area contributed by atoms with Crippen LogP contribution in [0.2, 0.25) is 0 Å². The molecule has 0 radical (unpaired) electrons. The van der Waals surface area contributed by atoms with Crippen LogP contribution in [0.3, 0.4) is 0 Å². The summed E-state index contributed by atoms with van der Waals surface area (Å²) in [5.41, 5.74) is 1.62. The summed E-state index contributed by atoms with van der Waals surface area (Å²) >= 11 is 1.48. The predicted molar refractivity (Wildman–Crippen MR) is 94.6 cm³/mol. The molecule has 122 valence electrons. The lowest BCUT2D eigenvalue weighted by molar-refractivity contribution is 0.0296. The second-order valence-electron chi connectivity index (χ2n) is 6.56. The third kappa shape index (κ3) is 2.95. The van der Waals surface area contributed by atoms with Crippen molar-refractivity contribution in [3.63, 3.8) is 0 Å². The molecule has 5 heteroatoms. The quantitative estimate of drug-likeness (QED) is 0.933. The van der Waals surface area contributed by atoms with Crippen molar-refractivity contribution in [2.45, 2.75) is 25.4 Å². The highest BCUT2D eigenvalue weighted by Crippen LogP contribution is 2.32. The van der Waals surface area contributed by atoms with Crippen molar-refractivity contribution in [3.05, 3.63) is 46.8 Å². The Bertz CT molecular complexity index is 799. The second-order valence-corrected chi connectivity index (χ2v) is 7.64. The van der Waals surface area contributed by atoms with Gasteiger partial charge in [0, 0.05) is 18.0 Å². The van der Waals surface area contributed by atoms with E-state index in [1.807, 2.05) is 30.3 Å². The van der Waals surface area contributed by atoms with Crippen LogP contribution in [0.5, 0.6) is 0 Å². The lowest BCUT2D eigenvalue weighted by atomic mass is 9.86. The predicted octanol–water partition coefficient (Wildman–Crippen LogP) is 3.46. The SMILES string of the molecule is N#Cc1cccc(-c2ccc(C(=O)NC3CC4CCN3CC4)s2)c1. The first-order chi connectivity index (χ1) is 11.7. The molecule has 1 unspecified atom stereocenters. The minimum atomic E-state index is 0.0141. The van der Waals surface area contributed by atoms with Crippen LogP contribution in [0.4, 0.5) is 0 Å². The Morgan fingerprint density at radius 3 is 2.79 bits per heavy atom. The molecule has 3 aliphatic rings. The molecule has 0 saturated carbocycles. The van der Waals surface area contributed by atoms with Crippen molar-refractivity contribution >= 4 is 17.2 Å². The van der Waals surface area contributed by atoms with E-state index in [0.717, 1.165) is 40.7 Å². The van der Waals surface area contributed by atoms with Crippen molar-refractivity contribution < 1.29 is 4.79 Å². The van der Waals surface area contributed by atoms with E-state index in [1.54, 1.807) is 6.07 Å². The number of piperidine rings is 3. The average Bonchev–Trinajstić information content (AvgIpc) is 3.13. The fraction of sp³-hybridized carbons (Fsp3) is 0.368. The largest absolute Gasteiger partial charge is 0.336 e. The van der Waals surface area contributed by atoms with Crippen LogP contribution < -0.4 is 5.32 Å². The average molecular weight is 337 g/mol. The zero-order chi connectivity index (χ0) is 16.5. The summed E-state index contributed by atoms with van der Waals surface area (Å²) in [5.74, 6) is 0.785. The normalized spacial score (nSPS) is 25.2. The van der Waals surface area contributed by atoms with E-state index in [-0.39, 0.29) is 12.1 Å². The van der Waals surface area contributed by atoms with Crippen LogP contribution in [0.25, 0.3) is 10.4 Å². The molecule has 1 aromatic heterocycles. The molecule has 24 heavy (non-hydrogen) atoms. The number of nitrogens with one attached hydrogen (secondary N) is 1. The summed E-state index contributed by atoms with van der Waals surface area (Å²) in [6.07, 6.45) is 3.81. The molecule has 1 aromatic carbocycles. The lowest BCUT2D eigenvalue weighted by Crippen LogP contribution is -2.56. The van der Waals surface area contributed by atoms with E-state index >= 15 is 0 Å². The molecular formula is C19H19N3OS. The molecule has 0 aliphatic carbocycles. The van der Waals surface area contributed by atoms with E-state index in [1.165, 1.54) is 24.2 Å². The number of carbonyl (C=O) groups excluding carboxylic acids is 1. The van der Waals surface area contributed by atoms with E-state index in [2.05, 4.69) is 16.3 Å². The summed E-state index contributed by atoms with van der Waals surface area (Å²) in [7, 11) is 0. The zero-order valence-corrected chi connectivity index (χ0v) is 14.2. The minimum absolute atomic E-state index is 0.0141. The highest BCUT2D eigenvalue weighted by molar-refractivity contribution is 7.17. The number of fused-ring (bicyclic) bond motifs is 3. The number of amides is 1. The summed E-state index contributed by atoms with van der Waals surface area (Å²) in [6.45, 7) is 2.21. The molecule has 3 fully saturated rings. The van der Waals surface area contributed by atoms with Gasteiger partial charge in [0.25, 0.3) is 5.91 Å². The molecular weight excluding hydrogens is 318 g/mol. The Morgan fingerprint density at radius 2 is 2.08 bits per heavy atom. The van der Waals surface area contributed by atoms with Crippen molar-refractivity contribution in [1.29, 1.82) is 5.26 Å². The number of benzene rings is 1. The molecule has 3 aliphatic heterocycles. The molecule has 0 spiro atoms. The summed E-state index contributed by atoms with van der Waals surface area (Å²) in [5, 5.41) is 12.2. The van der Waals surface area contributed by atoms with Crippen LogP contribution in [-0.4, -0.2) is 30.1 Å². The van der Waals surface area contributed by atoms with E-state index in [0.29, 0.717) is 5.56 Å². The van der Waals surface area contributed by atoms with Crippen molar-refractivity contribution in [1.82, 2.24) is 10.2 Å². The Morgan fingerprint density at radius 1 is 1.25 bits per heavy atom. The number of hydrogen-bond acceptors (Lipinski definition) is 4. The van der Waals surface area contributed by atoms with Gasteiger partial charge in [-0.2, -0.15) is 5.26 Å². The first-order valence-corrected chi connectivity index (χ1v) is 9.20. The van der Waals surface area contributed by atoms with E-state index in [4.69, 9.17) is 5.26 Å². The molecule has 2 bridgehead atoms. The number of rotatable bonds is 3. The maximum absolute atomic E-state index is 12.6. The number of hydrogen-bond donors (Lipinski definition) is 1. The van der Waals surface area contributed by atoms with E-state index < -0.39 is 0 Å². The van der Waals surface area contributed by atoms with Gasteiger partial charge in [-0.05, 0) is 55.0 Å². The molecule has 4 heterocycles. The van der Waals surface area contributed by atoms with Gasteiger partial charge in [0.15, 0.2) is 0 Å². The Hall–Kier alpha value is -2.16. The molecule has 1 N–H and O–H groups in total. The highest BCUT2D eigenvalue weighted by Gasteiger charge is 2.34. The van der Waals surface area contributed by atoms with Gasteiger partial charge in [-0.1, -0.05) is 12.1 Å². The van der Waals surface area contributed by atoms with Crippen LogP contribution in [-0.2, 0) is 0 Å². The highest BCUT2D eigenvalue weighted by atomic mass is 32.1. The maximum Gasteiger partial charge on any atom is 0.262 e. The van der Waals surface area contributed by atoms with Crippen LogP contribution in [0.1, 0.15) is 34.5 Å². The molecule has 3 saturated heterocycles. The Labute approximate surface area is 145 Å². The first kappa shape index (κ1) is 15.4. The van der Waals surface area contributed by atoms with Gasteiger partial charge in [0.1, 0.15) is 0 Å². The van der Waals surface area contributed by atoms with E-state index in [9.17, 15) is 4.79 Å². The smallest absolute Gasteiger partial charge is 0.262 e. The lowest BCUT2D eigenvalue weighted by Gasteiger charge is -2.45. The number of nitrogens with zero attached hydrogens (tertiary/aromatic N) is 2. The van der Waals surface area contributed by atoms with Crippen molar-refractivity contribution in [3.8, 4) is 16.5 Å². The Kier molecular flexibility index (Phi) is 4.09. The maximum atomic E-state index is 12.6. The van der Waals surface area contributed by atoms with Crippen LogP contribution >= 0.6 is 11.3 Å². The minimum Gasteiger partial charge on any atom is -0.336 e. The second kappa shape index (κ2) is 6.39. The number of nitriles is 1. The summed E-state index contributed by atoms with van der Waals surface area (Å²) < 4.78 is 0. The topological polar surface area (TPSA) is 56.1 Å². The van der Waals surface area contributed by atoms with Gasteiger partial charge in [0.2, 0.25) is 0 Å². The van der Waals surface area contributed by atoms with Crippen molar-refractivity contribution in [2.24, 2.45) is 5.92 Å². The Balaban J connectivity index is 1.48. The molecule has 1 amide bonds. The van der Waals surface area contributed by atoms with Gasteiger partial charge in [0.05, 0.1) is 22.7 Å². The van der Waals surface area contributed by atoms with Gasteiger partial charge in [-0.25, -0.2) is 0 Å². The molecule has 5 rings (SSSR count). The fourth-order valence-electron chi connectivity index (χ4n) is 3.69. The van der Waals surface area contributed by atoms with Gasteiger partial charge in [-0.15, -0.1) is 11.3 Å². The van der Waals surface area contributed by atoms with Crippen LogP contribution in [0, 0.1) is 17.2 Å². The molecule has 1 atom stereocenters. The van der Waals surface area contributed by atoms with Crippen molar-refractivity contribution in [2.75, 3.05) is 13.1 Å². The van der Waals surface area contributed by atoms with Gasteiger partial charge >= 0.3 is 0 Å². The van der Waals surface area contributed by atoms with Gasteiger partial charge in [-0.3, -0.25) is 9.69 Å². The monoisotopic (exact) mass is 337 g/mol. The third-order valence-corrected chi connectivity index (χ3v) is 6.18. The number of carbonyl (C=O) groups is 1. The molecule has 4 nitrogen and oxygen atoms in total. The van der Waals surface area contributed by atoms with Gasteiger partial charge < -0.3 is 5.32 Å². The zero-order valence-electron chi connectivity index (χ0n) is 13.4. The fourth-order valence-corrected chi connectivity index (χ4v) is 4.60. The summed E-state index contributed by atoms with van der Waals surface area (Å²) in [4.78, 5) is 16.7. The third-order valence-electron chi connectivity index (χ3n) is 5.05.